The molecule has 1 aromatic carbocycles. The van der Waals surface area contributed by atoms with E-state index in [4.69, 9.17) is 34.0 Å². The number of pyridine rings is 1. The predicted octanol–water partition coefficient (Wildman–Crippen LogP) is 3.57. The summed E-state index contributed by atoms with van der Waals surface area (Å²) in [6.45, 7) is 0.246. The summed E-state index contributed by atoms with van der Waals surface area (Å²) in [4.78, 5) is 15.1. The Morgan fingerprint density at radius 3 is 2.67 bits per heavy atom. The number of aromatic nitrogens is 1. The Morgan fingerprint density at radius 2 is 2.05 bits per heavy atom. The van der Waals surface area contributed by atoms with Crippen LogP contribution >= 0.6 is 23.2 Å². The van der Waals surface area contributed by atoms with Crippen LogP contribution in [0.4, 0.5) is 0 Å². The van der Waals surface area contributed by atoms with Gasteiger partial charge in [-0.05, 0) is 36.4 Å². The third kappa shape index (κ3) is 3.94. The van der Waals surface area contributed by atoms with Crippen LogP contribution < -0.4 is 5.73 Å². The average molecular weight is 325 g/mol. The summed E-state index contributed by atoms with van der Waals surface area (Å²) in [6, 6.07) is 8.72. The molecule has 0 fully saturated rings. The molecule has 6 heteroatoms. The molecule has 2 rings (SSSR count). The lowest BCUT2D eigenvalue weighted by atomic mass is 9.93. The highest BCUT2D eigenvalue weighted by Crippen LogP contribution is 2.31. The SMILES string of the molecule is NC[C@H](CC(=O)O)c1ccc(Cl)c(-c2cc(Cl)ccn2)c1. The minimum atomic E-state index is -0.886. The van der Waals surface area contributed by atoms with Gasteiger partial charge in [-0.25, -0.2) is 0 Å². The van der Waals surface area contributed by atoms with Gasteiger partial charge in [0, 0.05) is 27.7 Å². The number of hydrogen-bond donors (Lipinski definition) is 2. The van der Waals surface area contributed by atoms with Crippen LogP contribution in [0, 0.1) is 0 Å². The van der Waals surface area contributed by atoms with E-state index in [1.165, 1.54) is 0 Å². The van der Waals surface area contributed by atoms with Crippen molar-refractivity contribution in [1.29, 1.82) is 0 Å². The van der Waals surface area contributed by atoms with E-state index in [1.54, 1.807) is 30.5 Å². The quantitative estimate of drug-likeness (QED) is 0.881. The van der Waals surface area contributed by atoms with Crippen molar-refractivity contribution in [2.24, 2.45) is 5.73 Å². The van der Waals surface area contributed by atoms with Gasteiger partial charge in [-0.2, -0.15) is 0 Å². The zero-order chi connectivity index (χ0) is 15.4. The third-order valence-corrected chi connectivity index (χ3v) is 3.73. The number of hydrogen-bond acceptors (Lipinski definition) is 3. The van der Waals surface area contributed by atoms with E-state index in [0.29, 0.717) is 21.3 Å². The summed E-state index contributed by atoms with van der Waals surface area (Å²) in [5.74, 6) is -1.15. The average Bonchev–Trinajstić information content (AvgIpc) is 2.45. The molecule has 0 amide bonds. The minimum Gasteiger partial charge on any atom is -0.481 e. The van der Waals surface area contributed by atoms with E-state index < -0.39 is 5.97 Å². The molecule has 0 saturated heterocycles. The molecule has 1 heterocycles. The van der Waals surface area contributed by atoms with Crippen molar-refractivity contribution in [3.8, 4) is 11.3 Å². The first-order valence-electron chi connectivity index (χ1n) is 6.34. The fourth-order valence-electron chi connectivity index (χ4n) is 2.09. The maximum Gasteiger partial charge on any atom is 0.304 e. The Kier molecular flexibility index (Phi) is 5.17. The molecule has 2 aromatic rings. The fourth-order valence-corrected chi connectivity index (χ4v) is 2.47. The number of halogens is 2. The zero-order valence-electron chi connectivity index (χ0n) is 11.1. The van der Waals surface area contributed by atoms with Crippen LogP contribution in [0.25, 0.3) is 11.3 Å². The number of carboxylic acid groups (broad SMARTS) is 1. The first-order valence-corrected chi connectivity index (χ1v) is 7.10. The third-order valence-electron chi connectivity index (χ3n) is 3.17. The largest absolute Gasteiger partial charge is 0.481 e. The molecule has 1 atom stereocenters. The molecule has 1 aromatic heterocycles. The Bertz CT molecular complexity index is 662. The monoisotopic (exact) mass is 324 g/mol. The summed E-state index contributed by atoms with van der Waals surface area (Å²) in [7, 11) is 0. The number of nitrogens with two attached hydrogens (primary N) is 1. The number of aliphatic carboxylic acids is 1. The summed E-state index contributed by atoms with van der Waals surface area (Å²) >= 11 is 12.2. The van der Waals surface area contributed by atoms with Gasteiger partial charge < -0.3 is 10.8 Å². The standard InChI is InChI=1S/C15H14Cl2N2O2/c16-11-3-4-19-14(7-11)12-5-9(1-2-13(12)17)10(8-18)6-15(20)21/h1-5,7,10H,6,8,18H2,(H,20,21)/t10-/m0/s1. The van der Waals surface area contributed by atoms with E-state index in [1.807, 2.05) is 6.07 Å². The second kappa shape index (κ2) is 6.89. The van der Waals surface area contributed by atoms with E-state index in [9.17, 15) is 4.79 Å². The van der Waals surface area contributed by atoms with E-state index >= 15 is 0 Å². The van der Waals surface area contributed by atoms with Gasteiger partial charge in [0.1, 0.15) is 0 Å². The molecule has 4 nitrogen and oxygen atoms in total. The maximum atomic E-state index is 10.9. The van der Waals surface area contributed by atoms with Crippen molar-refractivity contribution in [2.75, 3.05) is 6.54 Å². The van der Waals surface area contributed by atoms with E-state index in [2.05, 4.69) is 4.98 Å². The molecule has 0 aliphatic carbocycles. The van der Waals surface area contributed by atoms with E-state index in [0.717, 1.165) is 5.56 Å². The van der Waals surface area contributed by atoms with Gasteiger partial charge in [-0.1, -0.05) is 29.3 Å². The normalized spacial score (nSPS) is 12.1. The zero-order valence-corrected chi connectivity index (χ0v) is 12.6. The molecular weight excluding hydrogens is 311 g/mol. The Labute approximate surface area is 132 Å². The summed E-state index contributed by atoms with van der Waals surface area (Å²) in [5.41, 5.74) is 7.84. The predicted molar refractivity (Wildman–Crippen MR) is 83.7 cm³/mol. The molecule has 21 heavy (non-hydrogen) atoms. The smallest absolute Gasteiger partial charge is 0.304 e. The van der Waals surface area contributed by atoms with Gasteiger partial charge in [0.25, 0.3) is 0 Å². The van der Waals surface area contributed by atoms with Crippen LogP contribution in [0.2, 0.25) is 10.0 Å². The Hall–Kier alpha value is -1.62. The highest BCUT2D eigenvalue weighted by Gasteiger charge is 2.16. The molecule has 0 spiro atoms. The molecule has 0 aliphatic rings. The van der Waals surface area contributed by atoms with Gasteiger partial charge in [-0.15, -0.1) is 0 Å². The molecule has 0 aliphatic heterocycles. The maximum absolute atomic E-state index is 10.9. The molecule has 0 unspecified atom stereocenters. The lowest BCUT2D eigenvalue weighted by Crippen LogP contribution is -2.16. The number of rotatable bonds is 5. The molecule has 110 valence electrons. The van der Waals surface area contributed by atoms with Gasteiger partial charge in [0.05, 0.1) is 12.1 Å². The summed E-state index contributed by atoms with van der Waals surface area (Å²) in [6.07, 6.45) is 1.57. The van der Waals surface area contributed by atoms with Gasteiger partial charge >= 0.3 is 5.97 Å². The van der Waals surface area contributed by atoms with Crippen LogP contribution in [0.3, 0.4) is 0 Å². The second-order valence-electron chi connectivity index (χ2n) is 4.63. The molecule has 0 bridgehead atoms. The van der Waals surface area contributed by atoms with Crippen molar-refractivity contribution >= 4 is 29.2 Å². The number of benzene rings is 1. The second-order valence-corrected chi connectivity index (χ2v) is 5.47. The fraction of sp³-hybridized carbons (Fsp3) is 0.200. The lowest BCUT2D eigenvalue weighted by molar-refractivity contribution is -0.137. The van der Waals surface area contributed by atoms with Crippen LogP contribution in [0.15, 0.2) is 36.5 Å². The Balaban J connectivity index is 2.43. The highest BCUT2D eigenvalue weighted by molar-refractivity contribution is 6.33. The first kappa shape index (κ1) is 15.8. The van der Waals surface area contributed by atoms with Crippen LogP contribution in [-0.2, 0) is 4.79 Å². The van der Waals surface area contributed by atoms with Crippen molar-refractivity contribution < 1.29 is 9.90 Å². The number of carboxylic acids is 1. The summed E-state index contributed by atoms with van der Waals surface area (Å²) < 4.78 is 0. The van der Waals surface area contributed by atoms with Crippen molar-refractivity contribution in [1.82, 2.24) is 4.98 Å². The van der Waals surface area contributed by atoms with Crippen LogP contribution in [-0.4, -0.2) is 22.6 Å². The van der Waals surface area contributed by atoms with Gasteiger partial charge in [-0.3, -0.25) is 9.78 Å². The summed E-state index contributed by atoms with van der Waals surface area (Å²) in [5, 5.41) is 10.0. The molecule has 3 N–H and O–H groups in total. The van der Waals surface area contributed by atoms with E-state index in [-0.39, 0.29) is 18.9 Å². The topological polar surface area (TPSA) is 76.2 Å². The molecule has 0 radical (unpaired) electrons. The number of carbonyl (C=O) groups is 1. The van der Waals surface area contributed by atoms with Crippen LogP contribution in [0.1, 0.15) is 17.9 Å². The van der Waals surface area contributed by atoms with Gasteiger partial charge in [0.2, 0.25) is 0 Å². The molecule has 0 saturated carbocycles. The van der Waals surface area contributed by atoms with Crippen molar-refractivity contribution in [3.05, 3.63) is 52.1 Å². The minimum absolute atomic E-state index is 0.0272. The van der Waals surface area contributed by atoms with Crippen molar-refractivity contribution in [2.45, 2.75) is 12.3 Å². The van der Waals surface area contributed by atoms with Gasteiger partial charge in [0.15, 0.2) is 0 Å². The lowest BCUT2D eigenvalue weighted by Gasteiger charge is -2.15. The Morgan fingerprint density at radius 1 is 1.29 bits per heavy atom. The van der Waals surface area contributed by atoms with Crippen molar-refractivity contribution in [3.63, 3.8) is 0 Å². The first-order chi connectivity index (χ1) is 10.0. The van der Waals surface area contributed by atoms with Crippen LogP contribution in [0.5, 0.6) is 0 Å². The highest BCUT2D eigenvalue weighted by atomic mass is 35.5. The molecular formula is C15H14Cl2N2O2. The number of nitrogens with zero attached hydrogens (tertiary/aromatic N) is 1.